The average Bonchev–Trinajstić information content (AvgIpc) is 3.47. The van der Waals surface area contributed by atoms with Gasteiger partial charge in [-0.25, -0.2) is 0 Å². The summed E-state index contributed by atoms with van der Waals surface area (Å²) in [5, 5.41) is 0. The van der Waals surface area contributed by atoms with Crippen molar-refractivity contribution < 1.29 is 28.6 Å². The van der Waals surface area contributed by atoms with E-state index < -0.39 is 6.10 Å². The van der Waals surface area contributed by atoms with Crippen molar-refractivity contribution in [3.05, 3.63) is 109 Å². The van der Waals surface area contributed by atoms with Crippen LogP contribution >= 0.6 is 0 Å². The van der Waals surface area contributed by atoms with Gasteiger partial charge in [-0.3, -0.25) is 14.4 Å². The molecule has 0 aromatic heterocycles. The Balaban J connectivity index is 4.33. The Bertz CT molecular complexity index is 1620. The number of carbonyl (C=O) groups is 3. The van der Waals surface area contributed by atoms with Gasteiger partial charge in [0, 0.05) is 19.3 Å². The molecule has 0 fully saturated rings. The van der Waals surface area contributed by atoms with Crippen LogP contribution in [0.5, 0.6) is 0 Å². The number of ether oxygens (including phenoxy) is 3. The first-order valence-corrected chi connectivity index (χ1v) is 34.4. The van der Waals surface area contributed by atoms with Crippen molar-refractivity contribution in [3.63, 3.8) is 0 Å². The van der Waals surface area contributed by atoms with Gasteiger partial charge >= 0.3 is 17.9 Å². The standard InChI is InChI=1S/C75H128O6/c1-4-7-10-13-16-19-22-25-28-31-33-34-35-36-37-38-39-40-42-44-47-50-53-56-59-62-65-68-74(77)80-71-72(70-79-73(76)67-64-61-58-55-52-49-46-43-30-27-24-21-18-15-12-9-6-3)81-75(78)69-66-63-60-57-54-51-48-45-41-32-29-26-23-20-17-14-11-8-5-2/h7,9-10,12,16-21,25-30,33-34,72H,4-6,8,11,13-15,22-24,31-32,35-71H2,1-3H3/b10-7-,12-9-,19-16-,20-17-,21-18-,28-25-,29-26-,30-27-,34-33-. The fourth-order valence-electron chi connectivity index (χ4n) is 9.66. The van der Waals surface area contributed by atoms with E-state index in [-0.39, 0.29) is 31.1 Å². The summed E-state index contributed by atoms with van der Waals surface area (Å²) in [6.07, 6.45) is 93.9. The summed E-state index contributed by atoms with van der Waals surface area (Å²) in [7, 11) is 0. The Morgan fingerprint density at radius 1 is 0.259 bits per heavy atom. The van der Waals surface area contributed by atoms with Gasteiger partial charge < -0.3 is 14.2 Å². The maximum atomic E-state index is 13.0. The minimum Gasteiger partial charge on any atom is -0.462 e. The summed E-state index contributed by atoms with van der Waals surface area (Å²) < 4.78 is 17.0. The highest BCUT2D eigenvalue weighted by atomic mass is 16.6. The Labute approximate surface area is 501 Å². The Kier molecular flexibility index (Phi) is 65.2. The van der Waals surface area contributed by atoms with Crippen LogP contribution < -0.4 is 0 Å². The molecule has 81 heavy (non-hydrogen) atoms. The predicted octanol–water partition coefficient (Wildman–Crippen LogP) is 23.8. The van der Waals surface area contributed by atoms with E-state index in [2.05, 4.69) is 130 Å². The number of hydrogen-bond donors (Lipinski definition) is 0. The average molecular weight is 1130 g/mol. The largest absolute Gasteiger partial charge is 0.462 e. The summed E-state index contributed by atoms with van der Waals surface area (Å²) in [6.45, 7) is 6.42. The topological polar surface area (TPSA) is 78.9 Å². The van der Waals surface area contributed by atoms with E-state index in [1.807, 2.05) is 0 Å². The zero-order valence-electron chi connectivity index (χ0n) is 53.3. The van der Waals surface area contributed by atoms with Crippen molar-refractivity contribution in [3.8, 4) is 0 Å². The number of unbranched alkanes of at least 4 members (excludes halogenated alkanes) is 33. The first-order chi connectivity index (χ1) is 40.0. The molecule has 464 valence electrons. The molecule has 0 aliphatic heterocycles. The first kappa shape index (κ1) is 77.1. The summed E-state index contributed by atoms with van der Waals surface area (Å²) >= 11 is 0. The summed E-state index contributed by atoms with van der Waals surface area (Å²) in [5.41, 5.74) is 0. The molecular formula is C75H128O6. The van der Waals surface area contributed by atoms with Crippen LogP contribution in [0.2, 0.25) is 0 Å². The SMILES string of the molecule is CC/C=C\C/C=C\C/C=C\C/C=C\CCCCCCCCCCCCCCCCC(=O)OCC(COC(=O)CCCCCCCCC/C=C\C/C=C\C/C=C\CC)OC(=O)CCCCCCCCCCC/C=C\C/C=C\CCCCC. The van der Waals surface area contributed by atoms with Crippen molar-refractivity contribution in [1.29, 1.82) is 0 Å². The van der Waals surface area contributed by atoms with Crippen LogP contribution in [0.3, 0.4) is 0 Å². The highest BCUT2D eigenvalue weighted by Crippen LogP contribution is 2.17. The van der Waals surface area contributed by atoms with E-state index >= 15 is 0 Å². The number of esters is 3. The van der Waals surface area contributed by atoms with Crippen molar-refractivity contribution in [2.75, 3.05) is 13.2 Å². The second-order valence-corrected chi connectivity index (χ2v) is 22.7. The normalized spacial score (nSPS) is 12.8. The summed E-state index contributed by atoms with van der Waals surface area (Å²) in [5.74, 6) is -0.884. The van der Waals surface area contributed by atoms with E-state index in [0.717, 1.165) is 116 Å². The Morgan fingerprint density at radius 3 is 0.753 bits per heavy atom. The fourth-order valence-corrected chi connectivity index (χ4v) is 9.66. The van der Waals surface area contributed by atoms with Crippen molar-refractivity contribution in [2.45, 2.75) is 335 Å². The quantitative estimate of drug-likeness (QED) is 0.0261. The van der Waals surface area contributed by atoms with Crippen LogP contribution in [0.1, 0.15) is 329 Å². The molecule has 0 aromatic carbocycles. The van der Waals surface area contributed by atoms with Gasteiger partial charge in [-0.15, -0.1) is 0 Å². The lowest BCUT2D eigenvalue weighted by Gasteiger charge is -2.18. The molecule has 0 heterocycles. The van der Waals surface area contributed by atoms with Gasteiger partial charge in [0.15, 0.2) is 6.10 Å². The summed E-state index contributed by atoms with van der Waals surface area (Å²) in [4.78, 5) is 38.5. The Hall–Kier alpha value is -3.93. The van der Waals surface area contributed by atoms with Crippen LogP contribution in [0.4, 0.5) is 0 Å². The van der Waals surface area contributed by atoms with Gasteiger partial charge in [0.1, 0.15) is 13.2 Å². The smallest absolute Gasteiger partial charge is 0.306 e. The van der Waals surface area contributed by atoms with Crippen LogP contribution in [-0.4, -0.2) is 37.2 Å². The lowest BCUT2D eigenvalue weighted by atomic mass is 10.0. The molecule has 0 rings (SSSR count). The van der Waals surface area contributed by atoms with E-state index in [1.165, 1.54) is 173 Å². The van der Waals surface area contributed by atoms with Crippen molar-refractivity contribution >= 4 is 17.9 Å². The van der Waals surface area contributed by atoms with Gasteiger partial charge in [-0.05, 0) is 122 Å². The van der Waals surface area contributed by atoms with Crippen molar-refractivity contribution in [2.24, 2.45) is 0 Å². The van der Waals surface area contributed by atoms with Crippen LogP contribution in [-0.2, 0) is 28.6 Å². The first-order valence-electron chi connectivity index (χ1n) is 34.4. The molecule has 0 radical (unpaired) electrons. The van der Waals surface area contributed by atoms with E-state index in [1.54, 1.807) is 0 Å². The van der Waals surface area contributed by atoms with E-state index in [9.17, 15) is 14.4 Å². The van der Waals surface area contributed by atoms with Crippen LogP contribution in [0.25, 0.3) is 0 Å². The third kappa shape index (κ3) is 66.8. The highest BCUT2D eigenvalue weighted by molar-refractivity contribution is 5.71. The van der Waals surface area contributed by atoms with Gasteiger partial charge in [0.05, 0.1) is 0 Å². The molecule has 0 N–H and O–H groups in total. The zero-order valence-corrected chi connectivity index (χ0v) is 53.3. The van der Waals surface area contributed by atoms with Gasteiger partial charge in [-0.1, -0.05) is 297 Å². The Morgan fingerprint density at radius 2 is 0.481 bits per heavy atom. The lowest BCUT2D eigenvalue weighted by molar-refractivity contribution is -0.167. The molecule has 0 aliphatic rings. The minimum absolute atomic E-state index is 0.0822. The molecule has 1 unspecified atom stereocenters. The molecule has 0 saturated carbocycles. The van der Waals surface area contributed by atoms with Crippen LogP contribution in [0.15, 0.2) is 109 Å². The molecule has 0 aromatic rings. The third-order valence-electron chi connectivity index (χ3n) is 14.7. The fraction of sp³-hybridized carbons (Fsp3) is 0.720. The minimum atomic E-state index is -0.788. The second kappa shape index (κ2) is 68.6. The zero-order chi connectivity index (χ0) is 58.5. The molecule has 0 saturated heterocycles. The number of allylic oxidation sites excluding steroid dienone is 18. The predicted molar refractivity (Wildman–Crippen MR) is 353 cm³/mol. The second-order valence-electron chi connectivity index (χ2n) is 22.7. The van der Waals surface area contributed by atoms with Gasteiger partial charge in [0.2, 0.25) is 0 Å². The molecule has 6 nitrogen and oxygen atoms in total. The van der Waals surface area contributed by atoms with Crippen LogP contribution in [0, 0.1) is 0 Å². The lowest BCUT2D eigenvalue weighted by Crippen LogP contribution is -2.30. The molecule has 1 atom stereocenters. The monoisotopic (exact) mass is 1120 g/mol. The molecule has 0 aliphatic carbocycles. The molecular weight excluding hydrogens is 997 g/mol. The molecule has 0 bridgehead atoms. The maximum Gasteiger partial charge on any atom is 0.306 e. The number of rotatable bonds is 62. The molecule has 6 heteroatoms. The molecule has 0 spiro atoms. The molecule has 0 amide bonds. The number of carbonyl (C=O) groups excluding carboxylic acids is 3. The van der Waals surface area contributed by atoms with Gasteiger partial charge in [0.25, 0.3) is 0 Å². The van der Waals surface area contributed by atoms with E-state index in [0.29, 0.717) is 19.3 Å². The third-order valence-corrected chi connectivity index (χ3v) is 14.7. The summed E-state index contributed by atoms with van der Waals surface area (Å²) in [6, 6.07) is 0. The van der Waals surface area contributed by atoms with E-state index in [4.69, 9.17) is 14.2 Å². The van der Waals surface area contributed by atoms with Gasteiger partial charge in [-0.2, -0.15) is 0 Å². The van der Waals surface area contributed by atoms with Crippen molar-refractivity contribution in [1.82, 2.24) is 0 Å². The number of hydrogen-bond acceptors (Lipinski definition) is 6. The highest BCUT2D eigenvalue weighted by Gasteiger charge is 2.19. The maximum absolute atomic E-state index is 13.0.